The first kappa shape index (κ1) is 16.3. The molecule has 1 aliphatic heterocycles. The van der Waals surface area contributed by atoms with Crippen molar-refractivity contribution in [3.63, 3.8) is 0 Å². The van der Waals surface area contributed by atoms with Crippen LogP contribution in [0.3, 0.4) is 0 Å². The molecule has 0 radical (unpaired) electrons. The monoisotopic (exact) mass is 303 g/mol. The van der Waals surface area contributed by atoms with Crippen LogP contribution >= 0.6 is 0 Å². The fraction of sp³-hybridized carbons (Fsp3) is 0.529. The summed E-state index contributed by atoms with van der Waals surface area (Å²) in [5.74, 6) is 0.667. The van der Waals surface area contributed by atoms with Crippen LogP contribution in [0.25, 0.3) is 0 Å². The molecule has 1 saturated heterocycles. The first-order valence-electron chi connectivity index (χ1n) is 7.84. The van der Waals surface area contributed by atoms with Crippen LogP contribution in [0.4, 0.5) is 5.69 Å². The van der Waals surface area contributed by atoms with Gasteiger partial charge in [-0.05, 0) is 23.6 Å². The molecular formula is C17H25N3O2. The van der Waals surface area contributed by atoms with Gasteiger partial charge in [-0.15, -0.1) is 0 Å². The van der Waals surface area contributed by atoms with E-state index in [0.29, 0.717) is 38.6 Å². The number of anilines is 1. The zero-order valence-electron chi connectivity index (χ0n) is 13.6. The molecule has 5 nitrogen and oxygen atoms in total. The summed E-state index contributed by atoms with van der Waals surface area (Å²) < 4.78 is 0. The lowest BCUT2D eigenvalue weighted by atomic mass is 10.0. The van der Waals surface area contributed by atoms with Gasteiger partial charge in [-0.25, -0.2) is 0 Å². The van der Waals surface area contributed by atoms with Crippen molar-refractivity contribution < 1.29 is 9.59 Å². The number of hydrogen-bond acceptors (Lipinski definition) is 3. The van der Waals surface area contributed by atoms with E-state index in [9.17, 15) is 9.59 Å². The van der Waals surface area contributed by atoms with Gasteiger partial charge in [0.05, 0.1) is 6.54 Å². The number of benzene rings is 1. The Morgan fingerprint density at radius 2 is 1.59 bits per heavy atom. The quantitative estimate of drug-likeness (QED) is 0.924. The topological polar surface area (TPSA) is 52.7 Å². The predicted octanol–water partition coefficient (Wildman–Crippen LogP) is 1.91. The number of carbonyl (C=O) groups excluding carboxylic acids is 2. The Labute approximate surface area is 132 Å². The van der Waals surface area contributed by atoms with Crippen molar-refractivity contribution >= 4 is 17.5 Å². The van der Waals surface area contributed by atoms with Gasteiger partial charge in [0.2, 0.25) is 11.8 Å². The summed E-state index contributed by atoms with van der Waals surface area (Å²) in [4.78, 5) is 27.0. The Bertz CT molecular complexity index is 517. The van der Waals surface area contributed by atoms with Crippen molar-refractivity contribution in [3.8, 4) is 0 Å². The summed E-state index contributed by atoms with van der Waals surface area (Å²) in [6.45, 7) is 8.67. The lowest BCUT2D eigenvalue weighted by Crippen LogP contribution is -2.51. The third-order valence-corrected chi connectivity index (χ3v) is 4.10. The molecule has 0 spiro atoms. The van der Waals surface area contributed by atoms with Gasteiger partial charge in [-0.1, -0.05) is 26.0 Å². The summed E-state index contributed by atoms with van der Waals surface area (Å²) in [6.07, 6.45) is 0. The second-order valence-corrected chi connectivity index (χ2v) is 6.02. The molecule has 2 amide bonds. The molecule has 2 rings (SSSR count). The highest BCUT2D eigenvalue weighted by atomic mass is 16.2. The molecule has 0 atom stereocenters. The maximum absolute atomic E-state index is 12.2. The molecule has 5 heteroatoms. The standard InChI is InChI=1S/C17H25N3O2/c1-13(2)15-4-6-16(7-5-15)18-12-17(22)20-10-8-19(9-11-20)14(3)21/h4-7,13,18H,8-12H2,1-3H3. The highest BCUT2D eigenvalue weighted by Crippen LogP contribution is 2.17. The SMILES string of the molecule is CC(=O)N1CCN(C(=O)CNc2ccc(C(C)C)cc2)CC1. The van der Waals surface area contributed by atoms with E-state index in [-0.39, 0.29) is 11.8 Å². The second-order valence-electron chi connectivity index (χ2n) is 6.02. The molecule has 1 aromatic rings. The number of amides is 2. The fourth-order valence-electron chi connectivity index (χ4n) is 2.55. The lowest BCUT2D eigenvalue weighted by molar-refractivity contribution is -0.137. The Morgan fingerprint density at radius 1 is 1.05 bits per heavy atom. The molecule has 1 N–H and O–H groups in total. The number of nitrogens with zero attached hydrogens (tertiary/aromatic N) is 2. The van der Waals surface area contributed by atoms with Crippen LogP contribution in [0, 0.1) is 0 Å². The van der Waals surface area contributed by atoms with Crippen LogP contribution in [0.1, 0.15) is 32.3 Å². The Morgan fingerprint density at radius 3 is 2.09 bits per heavy atom. The number of rotatable bonds is 4. The summed E-state index contributed by atoms with van der Waals surface area (Å²) in [6, 6.07) is 8.19. The van der Waals surface area contributed by atoms with Crippen LogP contribution in [0.5, 0.6) is 0 Å². The van der Waals surface area contributed by atoms with Crippen molar-refractivity contribution in [1.29, 1.82) is 0 Å². The van der Waals surface area contributed by atoms with E-state index in [0.717, 1.165) is 5.69 Å². The van der Waals surface area contributed by atoms with E-state index in [1.165, 1.54) is 5.56 Å². The third kappa shape index (κ3) is 4.23. The van der Waals surface area contributed by atoms with Gasteiger partial charge in [0.25, 0.3) is 0 Å². The zero-order valence-corrected chi connectivity index (χ0v) is 13.6. The number of nitrogens with one attached hydrogen (secondary N) is 1. The lowest BCUT2D eigenvalue weighted by Gasteiger charge is -2.34. The highest BCUT2D eigenvalue weighted by molar-refractivity contribution is 5.81. The van der Waals surface area contributed by atoms with Crippen molar-refractivity contribution in [2.45, 2.75) is 26.7 Å². The van der Waals surface area contributed by atoms with Crippen LogP contribution in [0.15, 0.2) is 24.3 Å². The molecule has 0 aromatic heterocycles. The molecule has 0 unspecified atom stereocenters. The third-order valence-electron chi connectivity index (χ3n) is 4.10. The smallest absolute Gasteiger partial charge is 0.241 e. The number of carbonyl (C=O) groups is 2. The van der Waals surface area contributed by atoms with Gasteiger partial charge in [-0.2, -0.15) is 0 Å². The van der Waals surface area contributed by atoms with Crippen LogP contribution in [-0.2, 0) is 9.59 Å². The molecule has 0 saturated carbocycles. The maximum atomic E-state index is 12.2. The van der Waals surface area contributed by atoms with Gasteiger partial charge in [-0.3, -0.25) is 9.59 Å². The van der Waals surface area contributed by atoms with Gasteiger partial charge in [0.1, 0.15) is 0 Å². The average molecular weight is 303 g/mol. The fourth-order valence-corrected chi connectivity index (χ4v) is 2.55. The molecule has 0 aliphatic carbocycles. The molecule has 0 bridgehead atoms. The Hall–Kier alpha value is -2.04. The van der Waals surface area contributed by atoms with Crippen molar-refractivity contribution in [3.05, 3.63) is 29.8 Å². The van der Waals surface area contributed by atoms with Crippen LogP contribution in [-0.4, -0.2) is 54.3 Å². The minimum Gasteiger partial charge on any atom is -0.376 e. The van der Waals surface area contributed by atoms with E-state index in [1.807, 2.05) is 17.0 Å². The Kier molecular flexibility index (Phi) is 5.41. The Balaban J connectivity index is 1.79. The van der Waals surface area contributed by atoms with E-state index in [2.05, 4.69) is 31.3 Å². The molecule has 1 aliphatic rings. The first-order chi connectivity index (χ1) is 10.5. The largest absolute Gasteiger partial charge is 0.376 e. The molecule has 120 valence electrons. The van der Waals surface area contributed by atoms with E-state index in [1.54, 1.807) is 11.8 Å². The van der Waals surface area contributed by atoms with E-state index < -0.39 is 0 Å². The van der Waals surface area contributed by atoms with Crippen LogP contribution < -0.4 is 5.32 Å². The highest BCUT2D eigenvalue weighted by Gasteiger charge is 2.21. The first-order valence-corrected chi connectivity index (χ1v) is 7.84. The molecule has 1 fully saturated rings. The van der Waals surface area contributed by atoms with E-state index in [4.69, 9.17) is 0 Å². The van der Waals surface area contributed by atoms with E-state index >= 15 is 0 Å². The molecule has 1 heterocycles. The predicted molar refractivity (Wildman–Crippen MR) is 87.9 cm³/mol. The summed E-state index contributed by atoms with van der Waals surface area (Å²) in [7, 11) is 0. The van der Waals surface area contributed by atoms with Gasteiger partial charge < -0.3 is 15.1 Å². The van der Waals surface area contributed by atoms with Gasteiger partial charge in [0, 0.05) is 38.8 Å². The zero-order chi connectivity index (χ0) is 16.1. The summed E-state index contributed by atoms with van der Waals surface area (Å²) in [5.41, 5.74) is 2.25. The molecule has 1 aromatic carbocycles. The minimum atomic E-state index is 0.0791. The number of piperazine rings is 1. The molecule has 22 heavy (non-hydrogen) atoms. The molecular weight excluding hydrogens is 278 g/mol. The number of hydrogen-bond donors (Lipinski definition) is 1. The van der Waals surface area contributed by atoms with Crippen molar-refractivity contribution in [2.24, 2.45) is 0 Å². The normalized spacial score (nSPS) is 15.1. The summed E-state index contributed by atoms with van der Waals surface area (Å²) in [5, 5.41) is 3.17. The van der Waals surface area contributed by atoms with Gasteiger partial charge in [0.15, 0.2) is 0 Å². The summed E-state index contributed by atoms with van der Waals surface area (Å²) >= 11 is 0. The van der Waals surface area contributed by atoms with Crippen molar-refractivity contribution in [2.75, 3.05) is 38.0 Å². The van der Waals surface area contributed by atoms with Gasteiger partial charge >= 0.3 is 0 Å². The van der Waals surface area contributed by atoms with Crippen LogP contribution in [0.2, 0.25) is 0 Å². The average Bonchev–Trinajstić information content (AvgIpc) is 2.53. The maximum Gasteiger partial charge on any atom is 0.241 e. The second kappa shape index (κ2) is 7.29. The van der Waals surface area contributed by atoms with Crippen molar-refractivity contribution in [1.82, 2.24) is 9.80 Å². The minimum absolute atomic E-state index is 0.0791.